The predicted molar refractivity (Wildman–Crippen MR) is 89.1 cm³/mol. The van der Waals surface area contributed by atoms with E-state index in [1.807, 2.05) is 61.6 Å². The monoisotopic (exact) mass is 297 g/mol. The summed E-state index contributed by atoms with van der Waals surface area (Å²) in [5, 5.41) is 0. The van der Waals surface area contributed by atoms with Gasteiger partial charge in [-0.1, -0.05) is 37.3 Å². The third kappa shape index (κ3) is 4.10. The Labute approximate surface area is 132 Å². The molecule has 3 heteroatoms. The van der Waals surface area contributed by atoms with E-state index >= 15 is 0 Å². The Kier molecular flexibility index (Phi) is 5.59. The largest absolute Gasteiger partial charge is 0.489 e. The maximum absolute atomic E-state index is 12.3. The normalized spacial score (nSPS) is 11.8. The first-order valence-electron chi connectivity index (χ1n) is 7.65. The van der Waals surface area contributed by atoms with Crippen LogP contribution in [0.4, 0.5) is 0 Å². The molecule has 0 aromatic heterocycles. The Bertz CT molecular complexity index is 593. The lowest BCUT2D eigenvalue weighted by Crippen LogP contribution is -2.34. The summed E-state index contributed by atoms with van der Waals surface area (Å²) in [6.07, 6.45) is 0.950. The van der Waals surface area contributed by atoms with Gasteiger partial charge >= 0.3 is 0 Å². The Hall–Kier alpha value is -2.29. The second-order valence-electron chi connectivity index (χ2n) is 5.47. The molecule has 116 valence electrons. The van der Waals surface area contributed by atoms with Crippen LogP contribution in [0.5, 0.6) is 5.75 Å². The number of hydrogen-bond acceptors (Lipinski definition) is 2. The van der Waals surface area contributed by atoms with Gasteiger partial charge in [-0.05, 0) is 43.2 Å². The standard InChI is InChI=1S/C19H23NO2/c1-4-15(2)20(3)19(21)17-12-10-16(11-13-17)14-22-18-8-6-5-7-9-18/h5-13,15H,4,14H2,1-3H3. The van der Waals surface area contributed by atoms with Crippen LogP contribution in [0.3, 0.4) is 0 Å². The molecule has 1 amide bonds. The lowest BCUT2D eigenvalue weighted by Gasteiger charge is -2.23. The van der Waals surface area contributed by atoms with Crippen molar-refractivity contribution < 1.29 is 9.53 Å². The Morgan fingerprint density at radius 3 is 2.32 bits per heavy atom. The molecule has 2 aromatic carbocycles. The van der Waals surface area contributed by atoms with E-state index in [0.29, 0.717) is 12.2 Å². The number of ether oxygens (including phenoxy) is 1. The van der Waals surface area contributed by atoms with E-state index in [1.165, 1.54) is 0 Å². The van der Waals surface area contributed by atoms with Gasteiger partial charge in [-0.15, -0.1) is 0 Å². The average molecular weight is 297 g/mol. The number of para-hydroxylation sites is 1. The smallest absolute Gasteiger partial charge is 0.253 e. The zero-order valence-corrected chi connectivity index (χ0v) is 13.5. The summed E-state index contributed by atoms with van der Waals surface area (Å²) in [6, 6.07) is 17.6. The van der Waals surface area contributed by atoms with Gasteiger partial charge in [0.05, 0.1) is 0 Å². The fraction of sp³-hybridized carbons (Fsp3) is 0.316. The van der Waals surface area contributed by atoms with Crippen molar-refractivity contribution in [3.05, 3.63) is 65.7 Å². The minimum absolute atomic E-state index is 0.0601. The molecule has 0 aliphatic rings. The fourth-order valence-corrected chi connectivity index (χ4v) is 2.10. The van der Waals surface area contributed by atoms with Gasteiger partial charge in [-0.2, -0.15) is 0 Å². The summed E-state index contributed by atoms with van der Waals surface area (Å²) in [5.41, 5.74) is 1.76. The second-order valence-corrected chi connectivity index (χ2v) is 5.47. The zero-order valence-electron chi connectivity index (χ0n) is 13.5. The summed E-state index contributed by atoms with van der Waals surface area (Å²) >= 11 is 0. The van der Waals surface area contributed by atoms with Crippen molar-refractivity contribution in [2.24, 2.45) is 0 Å². The lowest BCUT2D eigenvalue weighted by molar-refractivity contribution is 0.0740. The van der Waals surface area contributed by atoms with Crippen LogP contribution in [-0.4, -0.2) is 23.9 Å². The molecule has 1 atom stereocenters. The van der Waals surface area contributed by atoms with E-state index in [1.54, 1.807) is 4.90 Å². The number of benzene rings is 2. The number of amides is 1. The quantitative estimate of drug-likeness (QED) is 0.802. The van der Waals surface area contributed by atoms with Crippen LogP contribution in [-0.2, 0) is 6.61 Å². The van der Waals surface area contributed by atoms with Gasteiger partial charge in [0.2, 0.25) is 0 Å². The summed E-state index contributed by atoms with van der Waals surface area (Å²) in [7, 11) is 1.85. The van der Waals surface area contributed by atoms with Crippen molar-refractivity contribution >= 4 is 5.91 Å². The highest BCUT2D eigenvalue weighted by atomic mass is 16.5. The van der Waals surface area contributed by atoms with Crippen molar-refractivity contribution in [1.82, 2.24) is 4.90 Å². The minimum atomic E-state index is 0.0601. The van der Waals surface area contributed by atoms with Gasteiger partial charge in [-0.25, -0.2) is 0 Å². The third-order valence-electron chi connectivity index (χ3n) is 3.92. The molecule has 0 saturated heterocycles. The van der Waals surface area contributed by atoms with Crippen molar-refractivity contribution in [2.45, 2.75) is 32.9 Å². The van der Waals surface area contributed by atoms with Gasteiger partial charge in [-0.3, -0.25) is 4.79 Å². The van der Waals surface area contributed by atoms with Crippen LogP contribution in [0.15, 0.2) is 54.6 Å². The minimum Gasteiger partial charge on any atom is -0.489 e. The first kappa shape index (κ1) is 16.1. The Balaban J connectivity index is 1.97. The molecule has 2 aromatic rings. The summed E-state index contributed by atoms with van der Waals surface area (Å²) in [5.74, 6) is 0.907. The third-order valence-corrected chi connectivity index (χ3v) is 3.92. The molecule has 0 aliphatic carbocycles. The maximum atomic E-state index is 12.3. The lowest BCUT2D eigenvalue weighted by atomic mass is 10.1. The Morgan fingerprint density at radius 2 is 1.73 bits per heavy atom. The van der Waals surface area contributed by atoms with Gasteiger partial charge in [0.25, 0.3) is 5.91 Å². The molecule has 3 nitrogen and oxygen atoms in total. The molecule has 2 rings (SSSR count). The number of nitrogens with zero attached hydrogens (tertiary/aromatic N) is 1. The van der Waals surface area contributed by atoms with Crippen molar-refractivity contribution in [1.29, 1.82) is 0 Å². The van der Waals surface area contributed by atoms with Crippen molar-refractivity contribution in [2.75, 3.05) is 7.05 Å². The molecule has 0 aliphatic heterocycles. The predicted octanol–water partition coefficient (Wildman–Crippen LogP) is 4.14. The fourth-order valence-electron chi connectivity index (χ4n) is 2.10. The number of rotatable bonds is 6. The molecule has 0 bridgehead atoms. The summed E-state index contributed by atoms with van der Waals surface area (Å²) in [6.45, 7) is 4.64. The SMILES string of the molecule is CCC(C)N(C)C(=O)c1ccc(COc2ccccc2)cc1. The molecule has 0 fully saturated rings. The van der Waals surface area contributed by atoms with Crippen LogP contribution in [0.1, 0.15) is 36.2 Å². The average Bonchev–Trinajstić information content (AvgIpc) is 2.59. The van der Waals surface area contributed by atoms with Crippen LogP contribution in [0.2, 0.25) is 0 Å². The number of carbonyl (C=O) groups is 1. The molecule has 0 N–H and O–H groups in total. The van der Waals surface area contributed by atoms with E-state index in [9.17, 15) is 4.79 Å². The molecule has 0 saturated carbocycles. The van der Waals surface area contributed by atoms with E-state index in [-0.39, 0.29) is 11.9 Å². The molecular weight excluding hydrogens is 274 g/mol. The van der Waals surface area contributed by atoms with Crippen LogP contribution >= 0.6 is 0 Å². The van der Waals surface area contributed by atoms with Crippen LogP contribution in [0, 0.1) is 0 Å². The Morgan fingerprint density at radius 1 is 1.09 bits per heavy atom. The topological polar surface area (TPSA) is 29.5 Å². The zero-order chi connectivity index (χ0) is 15.9. The van der Waals surface area contributed by atoms with E-state index < -0.39 is 0 Å². The first-order valence-corrected chi connectivity index (χ1v) is 7.65. The summed E-state index contributed by atoms with van der Waals surface area (Å²) < 4.78 is 5.70. The molecule has 1 unspecified atom stereocenters. The first-order chi connectivity index (χ1) is 10.6. The molecule has 0 spiro atoms. The van der Waals surface area contributed by atoms with Crippen molar-refractivity contribution in [3.8, 4) is 5.75 Å². The highest BCUT2D eigenvalue weighted by molar-refractivity contribution is 5.94. The van der Waals surface area contributed by atoms with Gasteiger partial charge < -0.3 is 9.64 Å². The van der Waals surface area contributed by atoms with Crippen LogP contribution in [0.25, 0.3) is 0 Å². The second kappa shape index (κ2) is 7.64. The molecular formula is C19H23NO2. The van der Waals surface area contributed by atoms with E-state index in [4.69, 9.17) is 4.74 Å². The van der Waals surface area contributed by atoms with Crippen molar-refractivity contribution in [3.63, 3.8) is 0 Å². The number of carbonyl (C=O) groups excluding carboxylic acids is 1. The number of hydrogen-bond donors (Lipinski definition) is 0. The maximum Gasteiger partial charge on any atom is 0.253 e. The van der Waals surface area contributed by atoms with Gasteiger partial charge in [0, 0.05) is 18.7 Å². The van der Waals surface area contributed by atoms with Gasteiger partial charge in [0.15, 0.2) is 0 Å². The van der Waals surface area contributed by atoms with Gasteiger partial charge in [0.1, 0.15) is 12.4 Å². The molecule has 22 heavy (non-hydrogen) atoms. The molecule has 0 radical (unpaired) electrons. The van der Waals surface area contributed by atoms with E-state index in [0.717, 1.165) is 17.7 Å². The highest BCUT2D eigenvalue weighted by Gasteiger charge is 2.15. The molecule has 0 heterocycles. The highest BCUT2D eigenvalue weighted by Crippen LogP contribution is 2.14. The van der Waals surface area contributed by atoms with Crippen LogP contribution < -0.4 is 4.74 Å². The summed E-state index contributed by atoms with van der Waals surface area (Å²) in [4.78, 5) is 14.1. The van der Waals surface area contributed by atoms with E-state index in [2.05, 4.69) is 13.8 Å².